The molecule has 4 rings (SSSR count). The number of piperazine rings is 1. The van der Waals surface area contributed by atoms with E-state index in [4.69, 9.17) is 0 Å². The van der Waals surface area contributed by atoms with Crippen molar-refractivity contribution in [1.29, 1.82) is 0 Å². The van der Waals surface area contributed by atoms with Gasteiger partial charge in [0.2, 0.25) is 0 Å². The summed E-state index contributed by atoms with van der Waals surface area (Å²) >= 11 is 1.52. The van der Waals surface area contributed by atoms with E-state index < -0.39 is 0 Å². The molecule has 0 aromatic carbocycles. The van der Waals surface area contributed by atoms with Crippen molar-refractivity contribution in [3.63, 3.8) is 0 Å². The van der Waals surface area contributed by atoms with Gasteiger partial charge in [0, 0.05) is 32.4 Å². The van der Waals surface area contributed by atoms with Gasteiger partial charge in [0.25, 0.3) is 0 Å². The van der Waals surface area contributed by atoms with Gasteiger partial charge in [-0.05, 0) is 41.8 Å². The van der Waals surface area contributed by atoms with Gasteiger partial charge >= 0.3 is 6.03 Å². The average Bonchev–Trinajstić information content (AvgIpc) is 3.22. The van der Waals surface area contributed by atoms with Crippen molar-refractivity contribution in [2.24, 2.45) is 0 Å². The molecule has 0 bridgehead atoms. The highest BCUT2D eigenvalue weighted by Gasteiger charge is 2.22. The lowest BCUT2D eigenvalue weighted by molar-refractivity contribution is 0.208. The molecular formula is C18H19N7OS. The van der Waals surface area contributed by atoms with E-state index in [1.165, 1.54) is 11.3 Å². The third-order valence-corrected chi connectivity index (χ3v) is 5.01. The quantitative estimate of drug-likeness (QED) is 0.722. The molecule has 1 aliphatic heterocycles. The van der Waals surface area contributed by atoms with Crippen LogP contribution in [-0.2, 0) is 0 Å². The number of nitrogens with zero attached hydrogens (tertiary/aromatic N) is 5. The summed E-state index contributed by atoms with van der Waals surface area (Å²) in [7, 11) is 0. The zero-order valence-electron chi connectivity index (χ0n) is 14.6. The number of thiophene rings is 1. The lowest BCUT2D eigenvalue weighted by atomic mass is 10.3. The third-order valence-electron chi connectivity index (χ3n) is 4.23. The fourth-order valence-electron chi connectivity index (χ4n) is 2.82. The maximum Gasteiger partial charge on any atom is 0.322 e. The molecule has 3 aromatic rings. The van der Waals surface area contributed by atoms with Crippen LogP contribution in [0.3, 0.4) is 0 Å². The number of nitrogens with one attached hydrogen (secondary N) is 2. The first-order valence-electron chi connectivity index (χ1n) is 8.63. The Kier molecular flexibility index (Phi) is 5.10. The maximum absolute atomic E-state index is 12.3. The average molecular weight is 381 g/mol. The molecule has 8 nitrogen and oxygen atoms in total. The summed E-state index contributed by atoms with van der Waals surface area (Å²) in [6.45, 7) is 2.74. The number of hydrogen-bond donors (Lipinski definition) is 2. The Hall–Kier alpha value is -3.20. The van der Waals surface area contributed by atoms with Gasteiger partial charge in [-0.3, -0.25) is 10.3 Å². The Morgan fingerprint density at radius 3 is 2.59 bits per heavy atom. The minimum absolute atomic E-state index is 0.0563. The molecule has 4 heterocycles. The van der Waals surface area contributed by atoms with E-state index in [-0.39, 0.29) is 6.03 Å². The highest BCUT2D eigenvalue weighted by atomic mass is 32.1. The molecule has 2 amide bonds. The predicted octanol–water partition coefficient (Wildman–Crippen LogP) is 3.03. The van der Waals surface area contributed by atoms with Crippen LogP contribution in [0.25, 0.3) is 0 Å². The Labute approximate surface area is 160 Å². The number of aromatic nitrogens is 3. The Morgan fingerprint density at radius 1 is 1.04 bits per heavy atom. The molecule has 0 radical (unpaired) electrons. The maximum atomic E-state index is 12.3. The molecule has 1 fully saturated rings. The number of urea groups is 1. The van der Waals surface area contributed by atoms with Gasteiger partial charge in [0.05, 0.1) is 16.9 Å². The highest BCUT2D eigenvalue weighted by Crippen LogP contribution is 2.19. The molecule has 138 valence electrons. The molecule has 0 unspecified atom stereocenters. The molecular weight excluding hydrogens is 362 g/mol. The number of hydrogen-bond acceptors (Lipinski definition) is 7. The van der Waals surface area contributed by atoms with E-state index in [9.17, 15) is 4.79 Å². The smallest absolute Gasteiger partial charge is 0.322 e. The Balaban J connectivity index is 1.31. The third kappa shape index (κ3) is 4.32. The van der Waals surface area contributed by atoms with Crippen molar-refractivity contribution in [2.45, 2.75) is 0 Å². The topological polar surface area (TPSA) is 86.3 Å². The number of carbonyl (C=O) groups excluding carboxylic acids is 1. The van der Waals surface area contributed by atoms with Crippen LogP contribution in [0.15, 0.2) is 54.2 Å². The number of anilines is 4. The van der Waals surface area contributed by atoms with E-state index in [1.54, 1.807) is 12.4 Å². The first-order valence-corrected chi connectivity index (χ1v) is 9.51. The molecule has 0 saturated carbocycles. The van der Waals surface area contributed by atoms with Crippen LogP contribution in [-0.4, -0.2) is 52.3 Å². The second-order valence-electron chi connectivity index (χ2n) is 6.03. The molecule has 2 N–H and O–H groups in total. The largest absolute Gasteiger partial charge is 0.352 e. The van der Waals surface area contributed by atoms with E-state index in [2.05, 4.69) is 30.7 Å². The van der Waals surface area contributed by atoms with Crippen molar-refractivity contribution < 1.29 is 4.79 Å². The van der Waals surface area contributed by atoms with Crippen LogP contribution in [0, 0.1) is 0 Å². The van der Waals surface area contributed by atoms with Gasteiger partial charge in [0.1, 0.15) is 0 Å². The second kappa shape index (κ2) is 8.00. The summed E-state index contributed by atoms with van der Waals surface area (Å²) in [4.78, 5) is 20.3. The number of rotatable bonds is 4. The van der Waals surface area contributed by atoms with Gasteiger partial charge in [-0.1, -0.05) is 0 Å². The molecule has 0 spiro atoms. The summed E-state index contributed by atoms with van der Waals surface area (Å²) in [5.41, 5.74) is 0.866. The van der Waals surface area contributed by atoms with Crippen molar-refractivity contribution in [3.8, 4) is 0 Å². The first-order chi connectivity index (χ1) is 13.3. The number of carbonyl (C=O) groups is 1. The second-order valence-corrected chi connectivity index (χ2v) is 6.97. The van der Waals surface area contributed by atoms with Crippen LogP contribution in [0.4, 0.5) is 27.1 Å². The lowest BCUT2D eigenvalue weighted by Crippen LogP contribution is -2.50. The van der Waals surface area contributed by atoms with Gasteiger partial charge < -0.3 is 15.1 Å². The zero-order chi connectivity index (χ0) is 18.5. The number of pyridine rings is 1. The van der Waals surface area contributed by atoms with Gasteiger partial charge in [0.15, 0.2) is 11.6 Å². The van der Waals surface area contributed by atoms with Crippen LogP contribution >= 0.6 is 11.3 Å². The summed E-state index contributed by atoms with van der Waals surface area (Å²) in [6, 6.07) is 11.4. The highest BCUT2D eigenvalue weighted by molar-refractivity contribution is 7.14. The summed E-state index contributed by atoms with van der Waals surface area (Å²) in [6.07, 6.45) is 3.45. The van der Waals surface area contributed by atoms with Crippen molar-refractivity contribution in [2.75, 3.05) is 41.7 Å². The van der Waals surface area contributed by atoms with Gasteiger partial charge in [-0.2, -0.15) is 0 Å². The minimum atomic E-state index is -0.0563. The van der Waals surface area contributed by atoms with Crippen LogP contribution < -0.4 is 15.5 Å². The van der Waals surface area contributed by atoms with Crippen LogP contribution in [0.5, 0.6) is 0 Å². The van der Waals surface area contributed by atoms with E-state index in [1.807, 2.05) is 46.7 Å². The molecule has 3 aromatic heterocycles. The first kappa shape index (κ1) is 17.2. The van der Waals surface area contributed by atoms with Crippen LogP contribution in [0.1, 0.15) is 0 Å². The predicted molar refractivity (Wildman–Crippen MR) is 107 cm³/mol. The molecule has 1 aliphatic rings. The number of amides is 2. The lowest BCUT2D eigenvalue weighted by Gasteiger charge is -2.35. The van der Waals surface area contributed by atoms with Gasteiger partial charge in [-0.25, -0.2) is 4.79 Å². The van der Waals surface area contributed by atoms with Gasteiger partial charge in [-0.15, -0.1) is 21.5 Å². The standard InChI is InChI=1S/C18H19N7OS/c26-18(21-17-4-2-12-27-17)25-10-8-24(9-11-25)16-6-5-15(22-23-16)20-14-3-1-7-19-13-14/h1-7,12-13H,8-11H2,(H,20,22)(H,21,26). The van der Waals surface area contributed by atoms with E-state index >= 15 is 0 Å². The Bertz CT molecular complexity index is 862. The summed E-state index contributed by atoms with van der Waals surface area (Å²) in [5, 5.41) is 17.4. The molecule has 0 atom stereocenters. The minimum Gasteiger partial charge on any atom is -0.352 e. The molecule has 1 saturated heterocycles. The summed E-state index contributed by atoms with van der Waals surface area (Å²) in [5.74, 6) is 1.48. The zero-order valence-corrected chi connectivity index (χ0v) is 15.4. The Morgan fingerprint density at radius 2 is 1.93 bits per heavy atom. The monoisotopic (exact) mass is 381 g/mol. The normalized spacial score (nSPS) is 14.1. The molecule has 27 heavy (non-hydrogen) atoms. The summed E-state index contributed by atoms with van der Waals surface area (Å²) < 4.78 is 0. The van der Waals surface area contributed by atoms with Crippen molar-refractivity contribution in [3.05, 3.63) is 54.2 Å². The van der Waals surface area contributed by atoms with E-state index in [0.29, 0.717) is 18.9 Å². The van der Waals surface area contributed by atoms with Crippen molar-refractivity contribution in [1.82, 2.24) is 20.1 Å². The fourth-order valence-corrected chi connectivity index (χ4v) is 3.43. The van der Waals surface area contributed by atoms with Crippen LogP contribution in [0.2, 0.25) is 0 Å². The fraction of sp³-hybridized carbons (Fsp3) is 0.222. The molecule has 9 heteroatoms. The van der Waals surface area contributed by atoms with E-state index in [0.717, 1.165) is 29.6 Å². The SMILES string of the molecule is O=C(Nc1cccs1)N1CCN(c2ccc(Nc3cccnc3)nn2)CC1. The van der Waals surface area contributed by atoms with Crippen molar-refractivity contribution >= 4 is 39.7 Å². The molecule has 0 aliphatic carbocycles.